The summed E-state index contributed by atoms with van der Waals surface area (Å²) in [4.78, 5) is 2.31. The van der Waals surface area contributed by atoms with Crippen molar-refractivity contribution in [2.45, 2.75) is 32.3 Å². The zero-order chi connectivity index (χ0) is 16.5. The van der Waals surface area contributed by atoms with Gasteiger partial charge in [-0.3, -0.25) is 0 Å². The first-order valence-electron chi connectivity index (χ1n) is 8.33. The standard InChI is InChI=1S/C19H27NO3.ClH/c1-3-22-16-14-20-12-10-19(21,11-13-20)9-4-15-23-18-7-5-17(2)6-8-18;/h5-8,21H,3,10-16H2,1-2H3;1H. The number of hydrogen-bond acceptors (Lipinski definition) is 4. The quantitative estimate of drug-likeness (QED) is 0.630. The van der Waals surface area contributed by atoms with Crippen molar-refractivity contribution < 1.29 is 14.6 Å². The van der Waals surface area contributed by atoms with Crippen molar-refractivity contribution in [1.29, 1.82) is 0 Å². The first kappa shape index (κ1) is 20.8. The Labute approximate surface area is 151 Å². The van der Waals surface area contributed by atoms with E-state index >= 15 is 0 Å². The summed E-state index contributed by atoms with van der Waals surface area (Å²) in [5.41, 5.74) is 0.326. The van der Waals surface area contributed by atoms with Crippen LogP contribution in [0.3, 0.4) is 0 Å². The topological polar surface area (TPSA) is 41.9 Å². The normalized spacial score (nSPS) is 16.6. The Morgan fingerprint density at radius 3 is 2.50 bits per heavy atom. The second-order valence-electron chi connectivity index (χ2n) is 5.97. The molecule has 0 radical (unpaired) electrons. The average molecular weight is 354 g/mol. The van der Waals surface area contributed by atoms with Gasteiger partial charge in [0.15, 0.2) is 0 Å². The number of halogens is 1. The molecule has 0 aliphatic carbocycles. The molecule has 1 aromatic carbocycles. The van der Waals surface area contributed by atoms with Gasteiger partial charge in [0, 0.05) is 39.1 Å². The summed E-state index contributed by atoms with van der Waals surface area (Å²) in [6.45, 7) is 8.50. The molecule has 0 aromatic heterocycles. The second-order valence-corrected chi connectivity index (χ2v) is 5.97. The molecule has 0 bridgehead atoms. The van der Waals surface area contributed by atoms with Crippen LogP contribution in [0.2, 0.25) is 0 Å². The van der Waals surface area contributed by atoms with Crippen LogP contribution < -0.4 is 4.74 Å². The van der Waals surface area contributed by atoms with Crippen molar-refractivity contribution in [2.24, 2.45) is 0 Å². The van der Waals surface area contributed by atoms with Crippen LogP contribution in [0, 0.1) is 18.8 Å². The van der Waals surface area contributed by atoms with E-state index in [1.165, 1.54) is 5.56 Å². The van der Waals surface area contributed by atoms with Crippen LogP contribution in [-0.2, 0) is 4.74 Å². The number of likely N-dealkylation sites (tertiary alicyclic amines) is 1. The van der Waals surface area contributed by atoms with Gasteiger partial charge in [-0.15, -0.1) is 12.4 Å². The number of benzene rings is 1. The first-order valence-corrected chi connectivity index (χ1v) is 8.33. The number of aryl methyl sites for hydroxylation is 1. The molecule has 0 atom stereocenters. The van der Waals surface area contributed by atoms with E-state index in [4.69, 9.17) is 9.47 Å². The van der Waals surface area contributed by atoms with Gasteiger partial charge in [0.25, 0.3) is 0 Å². The van der Waals surface area contributed by atoms with Gasteiger partial charge in [0.1, 0.15) is 18.0 Å². The van der Waals surface area contributed by atoms with Crippen molar-refractivity contribution in [3.05, 3.63) is 29.8 Å². The maximum atomic E-state index is 10.5. The van der Waals surface area contributed by atoms with Gasteiger partial charge in [0.05, 0.1) is 6.61 Å². The molecule has 24 heavy (non-hydrogen) atoms. The Balaban J connectivity index is 0.00000288. The maximum absolute atomic E-state index is 10.5. The second kappa shape index (κ2) is 10.6. The molecule has 1 fully saturated rings. The molecule has 0 saturated carbocycles. The van der Waals surface area contributed by atoms with Crippen LogP contribution in [0.15, 0.2) is 24.3 Å². The number of aliphatic hydroxyl groups is 1. The lowest BCUT2D eigenvalue weighted by Gasteiger charge is -2.34. The predicted molar refractivity (Wildman–Crippen MR) is 98.8 cm³/mol. The molecule has 1 aliphatic heterocycles. The van der Waals surface area contributed by atoms with E-state index in [1.807, 2.05) is 38.1 Å². The largest absolute Gasteiger partial charge is 0.481 e. The summed E-state index contributed by atoms with van der Waals surface area (Å²) in [6, 6.07) is 7.88. The summed E-state index contributed by atoms with van der Waals surface area (Å²) >= 11 is 0. The van der Waals surface area contributed by atoms with E-state index in [9.17, 15) is 5.11 Å². The van der Waals surface area contributed by atoms with Crippen molar-refractivity contribution in [1.82, 2.24) is 4.90 Å². The highest BCUT2D eigenvalue weighted by Crippen LogP contribution is 2.21. The van der Waals surface area contributed by atoms with Gasteiger partial charge < -0.3 is 19.5 Å². The molecule has 0 unspecified atom stereocenters. The molecule has 1 N–H and O–H groups in total. The number of ether oxygens (including phenoxy) is 2. The maximum Gasteiger partial charge on any atom is 0.149 e. The lowest BCUT2D eigenvalue weighted by atomic mass is 9.92. The van der Waals surface area contributed by atoms with E-state index in [-0.39, 0.29) is 12.4 Å². The highest BCUT2D eigenvalue weighted by molar-refractivity contribution is 5.85. The van der Waals surface area contributed by atoms with Gasteiger partial charge >= 0.3 is 0 Å². The van der Waals surface area contributed by atoms with Crippen molar-refractivity contribution in [3.8, 4) is 17.6 Å². The minimum Gasteiger partial charge on any atom is -0.481 e. The Hall–Kier alpha value is -1.25. The predicted octanol–water partition coefficient (Wildman–Crippen LogP) is 2.66. The first-order chi connectivity index (χ1) is 11.1. The smallest absolute Gasteiger partial charge is 0.149 e. The molecule has 134 valence electrons. The minimum atomic E-state index is -0.876. The number of hydrogen-bond donors (Lipinski definition) is 1. The summed E-state index contributed by atoms with van der Waals surface area (Å²) in [7, 11) is 0. The van der Waals surface area contributed by atoms with Crippen molar-refractivity contribution in [3.63, 3.8) is 0 Å². The van der Waals surface area contributed by atoms with Crippen molar-refractivity contribution in [2.75, 3.05) is 39.5 Å². The summed E-state index contributed by atoms with van der Waals surface area (Å²) in [5.74, 6) is 6.76. The Kier molecular flexibility index (Phi) is 9.17. The molecular weight excluding hydrogens is 326 g/mol. The molecule has 1 aromatic rings. The molecule has 1 heterocycles. The highest BCUT2D eigenvalue weighted by Gasteiger charge is 2.30. The third kappa shape index (κ3) is 7.11. The van der Waals surface area contributed by atoms with Gasteiger partial charge in [-0.1, -0.05) is 29.5 Å². The van der Waals surface area contributed by atoms with Crippen molar-refractivity contribution >= 4 is 12.4 Å². The van der Waals surface area contributed by atoms with Crippen LogP contribution in [0.4, 0.5) is 0 Å². The molecule has 0 amide bonds. The highest BCUT2D eigenvalue weighted by atomic mass is 35.5. The van der Waals surface area contributed by atoms with E-state index in [2.05, 4.69) is 16.7 Å². The number of nitrogens with zero attached hydrogens (tertiary/aromatic N) is 1. The minimum absolute atomic E-state index is 0. The van der Waals surface area contributed by atoms with Gasteiger partial charge in [0.2, 0.25) is 0 Å². The van der Waals surface area contributed by atoms with E-state index in [0.29, 0.717) is 19.4 Å². The SMILES string of the molecule is CCOCCN1CCC(O)(C#CCOc2ccc(C)cc2)CC1.Cl. The fourth-order valence-electron chi connectivity index (χ4n) is 2.56. The number of piperidine rings is 1. The summed E-state index contributed by atoms with van der Waals surface area (Å²) in [5, 5.41) is 10.5. The van der Waals surface area contributed by atoms with Gasteiger partial charge in [-0.2, -0.15) is 0 Å². The van der Waals surface area contributed by atoms with Crippen LogP contribution >= 0.6 is 12.4 Å². The van der Waals surface area contributed by atoms with Gasteiger partial charge in [-0.05, 0) is 26.0 Å². The van der Waals surface area contributed by atoms with Crippen LogP contribution in [-0.4, -0.2) is 55.1 Å². The fraction of sp³-hybridized carbons (Fsp3) is 0.579. The molecule has 0 spiro atoms. The lowest BCUT2D eigenvalue weighted by Crippen LogP contribution is -2.44. The third-order valence-corrected chi connectivity index (χ3v) is 4.09. The molecule has 2 rings (SSSR count). The van der Waals surface area contributed by atoms with E-state index in [1.54, 1.807) is 0 Å². The zero-order valence-corrected chi connectivity index (χ0v) is 15.4. The monoisotopic (exact) mass is 353 g/mol. The third-order valence-electron chi connectivity index (χ3n) is 4.09. The van der Waals surface area contributed by atoms with Gasteiger partial charge in [-0.25, -0.2) is 0 Å². The van der Waals surface area contributed by atoms with Crippen LogP contribution in [0.25, 0.3) is 0 Å². The number of rotatable bonds is 6. The van der Waals surface area contributed by atoms with E-state index < -0.39 is 5.60 Å². The van der Waals surface area contributed by atoms with Crippen LogP contribution in [0.5, 0.6) is 5.75 Å². The zero-order valence-electron chi connectivity index (χ0n) is 14.6. The molecule has 5 heteroatoms. The molecule has 1 aliphatic rings. The Morgan fingerprint density at radius 2 is 1.88 bits per heavy atom. The molecular formula is C19H28ClNO3. The van der Waals surface area contributed by atoms with Crippen LogP contribution in [0.1, 0.15) is 25.3 Å². The lowest BCUT2D eigenvalue weighted by molar-refractivity contribution is 0.0166. The average Bonchev–Trinajstić information content (AvgIpc) is 2.56. The Bertz CT molecular complexity index is 528. The molecule has 1 saturated heterocycles. The van der Waals surface area contributed by atoms with E-state index in [0.717, 1.165) is 38.6 Å². The fourth-order valence-corrected chi connectivity index (χ4v) is 2.56. The summed E-state index contributed by atoms with van der Waals surface area (Å²) in [6.07, 6.45) is 1.35. The summed E-state index contributed by atoms with van der Waals surface area (Å²) < 4.78 is 10.9. The molecule has 4 nitrogen and oxygen atoms in total. The Morgan fingerprint density at radius 1 is 1.21 bits per heavy atom.